The predicted molar refractivity (Wildman–Crippen MR) is 30.2 cm³/mol. The summed E-state index contributed by atoms with van der Waals surface area (Å²) in [5.41, 5.74) is 1.06. The molecule has 5 aliphatic rings. The number of hydrogen-bond donors (Lipinski definition) is 0. The summed E-state index contributed by atoms with van der Waals surface area (Å²) in [5, 5.41) is 0. The summed E-state index contributed by atoms with van der Waals surface area (Å²) in [4.78, 5) is 0. The lowest BCUT2D eigenvalue weighted by Crippen LogP contribution is -2.26. The van der Waals surface area contributed by atoms with Crippen LogP contribution in [0.25, 0.3) is 0 Å². The van der Waals surface area contributed by atoms with Gasteiger partial charge in [-0.3, -0.25) is 0 Å². The lowest BCUT2D eigenvalue weighted by Gasteiger charge is -2.34. The number of rotatable bonds is 0. The molecule has 5 aliphatic carbocycles. The van der Waals surface area contributed by atoms with Crippen molar-refractivity contribution in [3.05, 3.63) is 0 Å². The maximum atomic E-state index is 1.65. The van der Waals surface area contributed by atoms with E-state index < -0.39 is 0 Å². The highest BCUT2D eigenvalue weighted by atomic mass is 15.0. The molecule has 5 saturated carbocycles. The summed E-state index contributed by atoms with van der Waals surface area (Å²) in [6.07, 6.45) is 4.88. The third kappa shape index (κ3) is 0.116. The van der Waals surface area contributed by atoms with E-state index >= 15 is 0 Å². The van der Waals surface area contributed by atoms with Crippen LogP contribution in [0.3, 0.4) is 0 Å². The fourth-order valence-corrected chi connectivity index (χ4v) is 4.09. The zero-order chi connectivity index (χ0) is 4.93. The quantitative estimate of drug-likeness (QED) is 0.440. The van der Waals surface area contributed by atoms with Crippen LogP contribution in [0.15, 0.2) is 0 Å². The van der Waals surface area contributed by atoms with Crippen LogP contribution < -0.4 is 0 Å². The Hall–Kier alpha value is 0. The standard InChI is InChI=1S/C8H10/c1-2-8-4(1)3-5-6(8)7(5)8/h4-7H,1-3H2. The summed E-state index contributed by atoms with van der Waals surface area (Å²) in [7, 11) is 0. The lowest BCUT2D eigenvalue weighted by molar-refractivity contribution is 0.151. The normalized spacial score (nSPS) is 87.0. The van der Waals surface area contributed by atoms with Gasteiger partial charge in [0.05, 0.1) is 0 Å². The SMILES string of the molecule is C1CC23C1CC1C2C13. The molecule has 0 nitrogen and oxygen atoms in total. The maximum Gasteiger partial charge on any atom is -0.0201 e. The van der Waals surface area contributed by atoms with E-state index in [0.29, 0.717) is 0 Å². The van der Waals surface area contributed by atoms with Crippen LogP contribution in [0.5, 0.6) is 0 Å². The van der Waals surface area contributed by atoms with Gasteiger partial charge in [-0.05, 0) is 48.3 Å². The van der Waals surface area contributed by atoms with Gasteiger partial charge in [0.15, 0.2) is 0 Å². The minimum atomic E-state index is 1.06. The van der Waals surface area contributed by atoms with E-state index in [9.17, 15) is 0 Å². The first-order valence-electron chi connectivity index (χ1n) is 3.94. The van der Waals surface area contributed by atoms with Gasteiger partial charge in [0, 0.05) is 0 Å². The van der Waals surface area contributed by atoms with Crippen molar-refractivity contribution in [3.63, 3.8) is 0 Å². The first-order chi connectivity index (χ1) is 3.94. The van der Waals surface area contributed by atoms with Gasteiger partial charge in [0.1, 0.15) is 0 Å². The Labute approximate surface area is 49.3 Å². The summed E-state index contributed by atoms with van der Waals surface area (Å²) >= 11 is 0. The van der Waals surface area contributed by atoms with Gasteiger partial charge in [-0.15, -0.1) is 0 Å². The van der Waals surface area contributed by atoms with Crippen LogP contribution in [-0.4, -0.2) is 0 Å². The maximum absolute atomic E-state index is 1.65. The molecule has 0 amide bonds. The van der Waals surface area contributed by atoms with E-state index in [1.54, 1.807) is 19.3 Å². The van der Waals surface area contributed by atoms with Crippen molar-refractivity contribution in [2.24, 2.45) is 29.1 Å². The molecule has 5 rings (SSSR count). The van der Waals surface area contributed by atoms with Crippen LogP contribution in [0.4, 0.5) is 0 Å². The van der Waals surface area contributed by atoms with E-state index in [1.165, 1.54) is 23.7 Å². The first kappa shape index (κ1) is 3.24. The molecular formula is C8H10. The second-order valence-electron chi connectivity index (χ2n) is 4.30. The van der Waals surface area contributed by atoms with E-state index in [4.69, 9.17) is 0 Å². The van der Waals surface area contributed by atoms with Gasteiger partial charge in [0.2, 0.25) is 0 Å². The third-order valence-electron chi connectivity index (χ3n) is 4.54. The molecule has 0 saturated heterocycles. The molecule has 3 unspecified atom stereocenters. The van der Waals surface area contributed by atoms with Crippen molar-refractivity contribution in [2.45, 2.75) is 19.3 Å². The van der Waals surface area contributed by atoms with Gasteiger partial charge in [0.25, 0.3) is 0 Å². The Bertz CT molecular complexity index is 172. The Morgan fingerprint density at radius 1 is 1.25 bits per heavy atom. The molecule has 0 radical (unpaired) electrons. The highest BCUT2D eigenvalue weighted by Gasteiger charge is 2.92. The average Bonchev–Trinajstić information content (AvgIpc) is 2.42. The van der Waals surface area contributed by atoms with E-state index in [2.05, 4.69) is 0 Å². The van der Waals surface area contributed by atoms with Gasteiger partial charge in [-0.2, -0.15) is 0 Å². The van der Waals surface area contributed by atoms with Crippen molar-refractivity contribution >= 4 is 0 Å². The molecular weight excluding hydrogens is 96.1 g/mol. The molecule has 0 heteroatoms. The molecule has 0 N–H and O–H groups in total. The minimum Gasteiger partial charge on any atom is -0.0493 e. The largest absolute Gasteiger partial charge is 0.0493 e. The van der Waals surface area contributed by atoms with Crippen molar-refractivity contribution < 1.29 is 0 Å². The molecule has 0 aromatic heterocycles. The van der Waals surface area contributed by atoms with Crippen LogP contribution in [0.1, 0.15) is 19.3 Å². The highest BCUT2D eigenvalue weighted by molar-refractivity contribution is 5.39. The van der Waals surface area contributed by atoms with Crippen molar-refractivity contribution in [1.29, 1.82) is 0 Å². The van der Waals surface area contributed by atoms with Crippen LogP contribution in [0, 0.1) is 29.1 Å². The Morgan fingerprint density at radius 3 is 2.38 bits per heavy atom. The first-order valence-corrected chi connectivity index (χ1v) is 3.94. The summed E-state index contributed by atoms with van der Waals surface area (Å²) in [5.74, 6) is 5.15. The Morgan fingerprint density at radius 2 is 2.12 bits per heavy atom. The Kier molecular flexibility index (Phi) is 0.231. The van der Waals surface area contributed by atoms with Gasteiger partial charge < -0.3 is 0 Å². The molecule has 3 atom stereocenters. The molecule has 5 fully saturated rings. The second kappa shape index (κ2) is 0.571. The molecule has 0 aromatic rings. The van der Waals surface area contributed by atoms with Gasteiger partial charge >= 0.3 is 0 Å². The summed E-state index contributed by atoms with van der Waals surface area (Å²) in [6, 6.07) is 0. The smallest absolute Gasteiger partial charge is 0.0201 e. The zero-order valence-electron chi connectivity index (χ0n) is 4.93. The third-order valence-corrected chi connectivity index (χ3v) is 4.54. The van der Waals surface area contributed by atoms with Crippen LogP contribution >= 0.6 is 0 Å². The number of hydrogen-bond acceptors (Lipinski definition) is 0. The molecule has 1 spiro atoms. The predicted octanol–water partition coefficient (Wildman–Crippen LogP) is 1.66. The fraction of sp³-hybridized carbons (Fsp3) is 1.00. The van der Waals surface area contributed by atoms with Crippen LogP contribution in [0.2, 0.25) is 0 Å². The van der Waals surface area contributed by atoms with Crippen molar-refractivity contribution in [1.82, 2.24) is 0 Å². The molecule has 2 bridgehead atoms. The molecule has 8 heavy (non-hydrogen) atoms. The topological polar surface area (TPSA) is 0 Å². The van der Waals surface area contributed by atoms with E-state index in [-0.39, 0.29) is 0 Å². The summed E-state index contributed by atoms with van der Waals surface area (Å²) in [6.45, 7) is 0. The average molecular weight is 106 g/mol. The second-order valence-corrected chi connectivity index (χ2v) is 4.30. The lowest BCUT2D eigenvalue weighted by atomic mass is 9.70. The van der Waals surface area contributed by atoms with E-state index in [0.717, 1.165) is 5.41 Å². The van der Waals surface area contributed by atoms with Gasteiger partial charge in [-0.25, -0.2) is 0 Å². The molecule has 0 heterocycles. The van der Waals surface area contributed by atoms with Crippen molar-refractivity contribution in [3.8, 4) is 0 Å². The Balaban J connectivity index is 2.01. The molecule has 0 aromatic carbocycles. The fourth-order valence-electron chi connectivity index (χ4n) is 4.09. The summed E-state index contributed by atoms with van der Waals surface area (Å²) < 4.78 is 0. The van der Waals surface area contributed by atoms with Crippen LogP contribution in [-0.2, 0) is 0 Å². The van der Waals surface area contributed by atoms with E-state index in [1.807, 2.05) is 0 Å². The molecule has 0 aliphatic heterocycles. The zero-order valence-corrected chi connectivity index (χ0v) is 4.93. The minimum absolute atomic E-state index is 1.06. The highest BCUT2D eigenvalue weighted by Crippen LogP contribution is 2.97. The monoisotopic (exact) mass is 106 g/mol. The van der Waals surface area contributed by atoms with Gasteiger partial charge in [-0.1, -0.05) is 0 Å². The van der Waals surface area contributed by atoms with Crippen molar-refractivity contribution in [2.75, 3.05) is 0 Å². The molecule has 42 valence electrons.